The van der Waals surface area contributed by atoms with Crippen LogP contribution in [0.1, 0.15) is 13.3 Å². The van der Waals surface area contributed by atoms with Crippen LogP contribution in [0.4, 0.5) is 0 Å². The van der Waals surface area contributed by atoms with E-state index in [9.17, 15) is 0 Å². The summed E-state index contributed by atoms with van der Waals surface area (Å²) >= 11 is 1.92. The summed E-state index contributed by atoms with van der Waals surface area (Å²) in [7, 11) is 0. The van der Waals surface area contributed by atoms with E-state index in [0.29, 0.717) is 12.1 Å². The molecule has 2 unspecified atom stereocenters. The molecule has 0 radical (unpaired) electrons. The zero-order valence-electron chi connectivity index (χ0n) is 10.2. The van der Waals surface area contributed by atoms with E-state index in [1.54, 1.807) is 0 Å². The summed E-state index contributed by atoms with van der Waals surface area (Å²) in [5, 5.41) is 7.02. The van der Waals surface area contributed by atoms with Gasteiger partial charge in [0.2, 0.25) is 0 Å². The highest BCUT2D eigenvalue weighted by Crippen LogP contribution is 2.03. The molecule has 0 aromatic heterocycles. The largest absolute Gasteiger partial charge is 0.379 e. The number of hydrogen-bond donors (Lipinski definition) is 2. The highest BCUT2D eigenvalue weighted by Gasteiger charge is 2.15. The smallest absolute Gasteiger partial charge is 0.0620 e. The van der Waals surface area contributed by atoms with Crippen LogP contribution in [0.15, 0.2) is 12.7 Å². The van der Waals surface area contributed by atoms with Gasteiger partial charge in [-0.05, 0) is 13.3 Å². The van der Waals surface area contributed by atoms with E-state index >= 15 is 0 Å². The molecule has 0 bridgehead atoms. The van der Waals surface area contributed by atoms with Gasteiger partial charge in [0.15, 0.2) is 0 Å². The SMILES string of the molecule is C=CCSCCNC(C)CC1COCCN1. The number of morpholine rings is 1. The third-order valence-electron chi connectivity index (χ3n) is 2.61. The predicted molar refractivity (Wildman–Crippen MR) is 72.2 cm³/mol. The Labute approximate surface area is 103 Å². The predicted octanol–water partition coefficient (Wildman–Crippen LogP) is 1.26. The minimum atomic E-state index is 0.525. The molecule has 1 rings (SSSR count). The van der Waals surface area contributed by atoms with E-state index in [4.69, 9.17) is 4.74 Å². The van der Waals surface area contributed by atoms with Gasteiger partial charge < -0.3 is 15.4 Å². The lowest BCUT2D eigenvalue weighted by Gasteiger charge is -2.26. The van der Waals surface area contributed by atoms with Crippen molar-refractivity contribution in [3.05, 3.63) is 12.7 Å². The fourth-order valence-corrected chi connectivity index (χ4v) is 2.42. The number of nitrogens with one attached hydrogen (secondary N) is 2. The van der Waals surface area contributed by atoms with Crippen LogP contribution in [0.5, 0.6) is 0 Å². The zero-order chi connectivity index (χ0) is 11.6. The fourth-order valence-electron chi connectivity index (χ4n) is 1.83. The van der Waals surface area contributed by atoms with Gasteiger partial charge in [0.25, 0.3) is 0 Å². The Hall–Kier alpha value is -0.0300. The summed E-state index contributed by atoms with van der Waals surface area (Å²) < 4.78 is 5.44. The highest BCUT2D eigenvalue weighted by atomic mass is 32.2. The molecule has 4 heteroatoms. The van der Waals surface area contributed by atoms with Crippen molar-refractivity contribution in [2.75, 3.05) is 37.8 Å². The van der Waals surface area contributed by atoms with Crippen molar-refractivity contribution in [1.82, 2.24) is 10.6 Å². The minimum absolute atomic E-state index is 0.525. The Kier molecular flexibility index (Phi) is 7.93. The van der Waals surface area contributed by atoms with Gasteiger partial charge in [-0.25, -0.2) is 0 Å². The first-order valence-corrected chi connectivity index (χ1v) is 7.21. The number of rotatable bonds is 8. The molecular weight excluding hydrogens is 220 g/mol. The van der Waals surface area contributed by atoms with E-state index in [1.807, 2.05) is 17.8 Å². The maximum absolute atomic E-state index is 5.44. The van der Waals surface area contributed by atoms with E-state index < -0.39 is 0 Å². The van der Waals surface area contributed by atoms with Gasteiger partial charge >= 0.3 is 0 Å². The molecule has 1 heterocycles. The normalized spacial score (nSPS) is 22.9. The van der Waals surface area contributed by atoms with Crippen molar-refractivity contribution in [2.45, 2.75) is 25.4 Å². The molecule has 2 atom stereocenters. The van der Waals surface area contributed by atoms with Crippen LogP contribution in [-0.4, -0.2) is 49.9 Å². The standard InChI is InChI=1S/C12H24N2OS/c1-3-7-16-8-5-13-11(2)9-12-10-15-6-4-14-12/h3,11-14H,1,4-10H2,2H3. The second-order valence-electron chi connectivity index (χ2n) is 4.18. The molecule has 0 spiro atoms. The Balaban J connectivity index is 1.96. The number of thioether (sulfide) groups is 1. The first-order chi connectivity index (χ1) is 7.83. The topological polar surface area (TPSA) is 33.3 Å². The van der Waals surface area contributed by atoms with Crippen LogP contribution in [-0.2, 0) is 4.74 Å². The summed E-state index contributed by atoms with van der Waals surface area (Å²) in [6, 6.07) is 1.08. The van der Waals surface area contributed by atoms with Gasteiger partial charge in [0.1, 0.15) is 0 Å². The summed E-state index contributed by atoms with van der Waals surface area (Å²) in [5.74, 6) is 2.21. The average molecular weight is 244 g/mol. The molecule has 2 N–H and O–H groups in total. The second-order valence-corrected chi connectivity index (χ2v) is 5.33. The lowest BCUT2D eigenvalue weighted by molar-refractivity contribution is 0.0713. The van der Waals surface area contributed by atoms with Gasteiger partial charge in [-0.15, -0.1) is 6.58 Å². The molecule has 1 aliphatic heterocycles. The molecule has 16 heavy (non-hydrogen) atoms. The molecule has 0 amide bonds. The molecule has 1 aliphatic rings. The first kappa shape index (κ1) is 14.0. The van der Waals surface area contributed by atoms with Crippen molar-refractivity contribution in [2.24, 2.45) is 0 Å². The van der Waals surface area contributed by atoms with Crippen molar-refractivity contribution < 1.29 is 4.74 Å². The third-order valence-corrected chi connectivity index (χ3v) is 3.58. The summed E-state index contributed by atoms with van der Waals surface area (Å²) in [6.07, 6.45) is 3.10. The summed E-state index contributed by atoms with van der Waals surface area (Å²) in [5.41, 5.74) is 0. The molecule has 0 saturated carbocycles. The lowest BCUT2D eigenvalue weighted by Crippen LogP contribution is -2.45. The van der Waals surface area contributed by atoms with Crippen molar-refractivity contribution in [1.29, 1.82) is 0 Å². The molecule has 3 nitrogen and oxygen atoms in total. The monoisotopic (exact) mass is 244 g/mol. The zero-order valence-corrected chi connectivity index (χ0v) is 11.0. The van der Waals surface area contributed by atoms with Crippen LogP contribution >= 0.6 is 11.8 Å². The van der Waals surface area contributed by atoms with Gasteiger partial charge in [0.05, 0.1) is 13.2 Å². The molecule has 1 saturated heterocycles. The van der Waals surface area contributed by atoms with Gasteiger partial charge in [-0.3, -0.25) is 0 Å². The molecule has 1 fully saturated rings. The highest BCUT2D eigenvalue weighted by molar-refractivity contribution is 7.99. The Morgan fingerprint density at radius 2 is 2.56 bits per heavy atom. The minimum Gasteiger partial charge on any atom is -0.379 e. The quantitative estimate of drug-likeness (QED) is 0.497. The van der Waals surface area contributed by atoms with Crippen LogP contribution in [0, 0.1) is 0 Å². The summed E-state index contributed by atoms with van der Waals surface area (Å²) in [4.78, 5) is 0. The van der Waals surface area contributed by atoms with E-state index in [1.165, 1.54) is 0 Å². The van der Waals surface area contributed by atoms with Gasteiger partial charge in [-0.2, -0.15) is 11.8 Å². The maximum Gasteiger partial charge on any atom is 0.0620 e. The fraction of sp³-hybridized carbons (Fsp3) is 0.833. The molecule has 0 aliphatic carbocycles. The Morgan fingerprint density at radius 3 is 3.25 bits per heavy atom. The maximum atomic E-state index is 5.44. The van der Waals surface area contributed by atoms with E-state index in [-0.39, 0.29) is 0 Å². The van der Waals surface area contributed by atoms with Crippen LogP contribution in [0.2, 0.25) is 0 Å². The number of ether oxygens (including phenoxy) is 1. The van der Waals surface area contributed by atoms with Crippen LogP contribution in [0.3, 0.4) is 0 Å². The second kappa shape index (κ2) is 9.05. The van der Waals surface area contributed by atoms with Crippen molar-refractivity contribution in [3.63, 3.8) is 0 Å². The first-order valence-electron chi connectivity index (χ1n) is 6.06. The Bertz CT molecular complexity index is 184. The molecule has 0 aromatic carbocycles. The molecular formula is C12H24N2OS. The van der Waals surface area contributed by atoms with Gasteiger partial charge in [0, 0.05) is 36.7 Å². The van der Waals surface area contributed by atoms with Crippen molar-refractivity contribution >= 4 is 11.8 Å². The van der Waals surface area contributed by atoms with E-state index in [0.717, 1.165) is 44.2 Å². The average Bonchev–Trinajstić information content (AvgIpc) is 2.30. The molecule has 0 aromatic rings. The van der Waals surface area contributed by atoms with Gasteiger partial charge in [-0.1, -0.05) is 6.08 Å². The summed E-state index contributed by atoms with van der Waals surface area (Å²) in [6.45, 7) is 9.74. The van der Waals surface area contributed by atoms with Crippen molar-refractivity contribution in [3.8, 4) is 0 Å². The van der Waals surface area contributed by atoms with E-state index in [2.05, 4.69) is 24.1 Å². The molecule has 94 valence electrons. The number of hydrogen-bond acceptors (Lipinski definition) is 4. The Morgan fingerprint density at radius 1 is 1.69 bits per heavy atom. The lowest BCUT2D eigenvalue weighted by atomic mass is 10.1. The van der Waals surface area contributed by atoms with Crippen LogP contribution in [0.25, 0.3) is 0 Å². The third kappa shape index (κ3) is 6.53. The van der Waals surface area contributed by atoms with Crippen LogP contribution < -0.4 is 10.6 Å².